The maximum absolute atomic E-state index is 12.7. The maximum Gasteiger partial charge on any atom is 0.264 e. The van der Waals surface area contributed by atoms with Gasteiger partial charge >= 0.3 is 0 Å². The van der Waals surface area contributed by atoms with Gasteiger partial charge in [0, 0.05) is 23.3 Å². The Morgan fingerprint density at radius 2 is 1.67 bits per heavy atom. The van der Waals surface area contributed by atoms with Gasteiger partial charge in [-0.3, -0.25) is 4.79 Å². The quantitative estimate of drug-likeness (QED) is 0.449. The molecule has 2 N–H and O–H groups in total. The highest BCUT2D eigenvalue weighted by molar-refractivity contribution is 7.92. The summed E-state index contributed by atoms with van der Waals surface area (Å²) in [6.07, 6.45) is 3.11. The Balaban J connectivity index is 1.49. The molecule has 0 aliphatic rings. The summed E-state index contributed by atoms with van der Waals surface area (Å²) in [7, 11) is -3.89. The molecule has 4 rings (SSSR count). The van der Waals surface area contributed by atoms with Crippen LogP contribution in [0.5, 0.6) is 0 Å². The van der Waals surface area contributed by atoms with E-state index < -0.39 is 10.0 Å². The van der Waals surface area contributed by atoms with Gasteiger partial charge in [0.05, 0.1) is 22.3 Å². The molecule has 0 aliphatic heterocycles. The van der Waals surface area contributed by atoms with Gasteiger partial charge in [-0.15, -0.1) is 0 Å². The van der Waals surface area contributed by atoms with Crippen molar-refractivity contribution in [3.8, 4) is 5.82 Å². The highest BCUT2D eigenvalue weighted by Gasteiger charge is 2.18. The molecule has 0 bridgehead atoms. The van der Waals surface area contributed by atoms with Crippen molar-refractivity contribution in [2.45, 2.75) is 25.7 Å². The van der Waals surface area contributed by atoms with Crippen LogP contribution in [0.15, 0.2) is 65.8 Å². The number of anilines is 2. The van der Waals surface area contributed by atoms with E-state index in [1.807, 2.05) is 6.07 Å². The van der Waals surface area contributed by atoms with Crippen LogP contribution in [-0.4, -0.2) is 39.1 Å². The van der Waals surface area contributed by atoms with Gasteiger partial charge in [0.25, 0.3) is 15.9 Å². The summed E-state index contributed by atoms with van der Waals surface area (Å²) in [6, 6.07) is 13.0. The molecule has 0 radical (unpaired) electrons. The van der Waals surface area contributed by atoms with Crippen LogP contribution >= 0.6 is 0 Å². The monoisotopic (exact) mass is 463 g/mol. The molecule has 3 aromatic heterocycles. The number of hydrogen-bond acceptors (Lipinski definition) is 7. The average Bonchev–Trinajstić information content (AvgIpc) is 3.15. The van der Waals surface area contributed by atoms with Crippen LogP contribution in [0.4, 0.5) is 11.6 Å². The first kappa shape index (κ1) is 22.1. The molecule has 1 aromatic carbocycles. The summed E-state index contributed by atoms with van der Waals surface area (Å²) in [5.74, 6) is 0.237. The first-order valence-corrected chi connectivity index (χ1v) is 11.4. The normalized spacial score (nSPS) is 11.2. The van der Waals surface area contributed by atoms with Gasteiger partial charge in [-0.25, -0.2) is 32.8 Å². The molecule has 1 amide bonds. The number of amides is 1. The van der Waals surface area contributed by atoms with E-state index in [-0.39, 0.29) is 16.8 Å². The van der Waals surface area contributed by atoms with E-state index >= 15 is 0 Å². The lowest BCUT2D eigenvalue weighted by atomic mass is 10.2. The minimum Gasteiger partial charge on any atom is -0.322 e. The van der Waals surface area contributed by atoms with Crippen molar-refractivity contribution in [2.75, 3.05) is 10.0 Å². The number of carbonyl (C=O) groups excluding carboxylic acids is 1. The van der Waals surface area contributed by atoms with Crippen LogP contribution < -0.4 is 10.0 Å². The van der Waals surface area contributed by atoms with Crippen LogP contribution in [0, 0.1) is 20.8 Å². The van der Waals surface area contributed by atoms with Crippen LogP contribution in [0.1, 0.15) is 27.4 Å². The molecule has 33 heavy (non-hydrogen) atoms. The first-order chi connectivity index (χ1) is 15.7. The van der Waals surface area contributed by atoms with Crippen molar-refractivity contribution >= 4 is 27.6 Å². The fraction of sp³-hybridized carbons (Fsp3) is 0.136. The molecule has 4 aromatic rings. The highest BCUT2D eigenvalue weighted by Crippen LogP contribution is 2.19. The zero-order chi connectivity index (χ0) is 23.6. The summed E-state index contributed by atoms with van der Waals surface area (Å²) in [5.41, 5.74) is 2.75. The first-order valence-electron chi connectivity index (χ1n) is 9.95. The molecule has 0 saturated heterocycles. The van der Waals surface area contributed by atoms with Crippen molar-refractivity contribution in [1.29, 1.82) is 0 Å². The van der Waals surface area contributed by atoms with Gasteiger partial charge in [-0.2, -0.15) is 5.10 Å². The summed E-state index contributed by atoms with van der Waals surface area (Å²) < 4.78 is 29.3. The number of rotatable bonds is 6. The third kappa shape index (κ3) is 4.88. The smallest absolute Gasteiger partial charge is 0.264 e. The van der Waals surface area contributed by atoms with E-state index in [4.69, 9.17) is 0 Å². The minimum atomic E-state index is -3.89. The molecule has 0 fully saturated rings. The summed E-state index contributed by atoms with van der Waals surface area (Å²) in [6.45, 7) is 5.28. The lowest BCUT2D eigenvalue weighted by Gasteiger charge is -2.09. The lowest BCUT2D eigenvalue weighted by molar-refractivity contribution is 0.102. The molecule has 3 heterocycles. The number of sulfonamides is 1. The second-order valence-corrected chi connectivity index (χ2v) is 8.98. The molecule has 168 valence electrons. The Bertz CT molecular complexity index is 1400. The molecule has 0 aliphatic carbocycles. The van der Waals surface area contributed by atoms with Gasteiger partial charge in [0.2, 0.25) is 5.95 Å². The van der Waals surface area contributed by atoms with E-state index in [9.17, 15) is 13.2 Å². The summed E-state index contributed by atoms with van der Waals surface area (Å²) in [4.78, 5) is 25.2. The number of benzene rings is 1. The fourth-order valence-electron chi connectivity index (χ4n) is 3.21. The number of pyridine rings is 1. The third-order valence-corrected chi connectivity index (χ3v) is 6.10. The second kappa shape index (κ2) is 8.79. The minimum absolute atomic E-state index is 0.00488. The summed E-state index contributed by atoms with van der Waals surface area (Å²) >= 11 is 0. The van der Waals surface area contributed by atoms with Crippen molar-refractivity contribution in [3.63, 3.8) is 0 Å². The standard InChI is InChI=1S/C22H21N7O3S/c1-14-12-15(2)26-22(25-14)28-33(31,32)18-9-7-17(8-10-18)27-21(30)19-13-24-29(16(19)3)20-6-4-5-11-23-20/h4-13H,1-3H3,(H,27,30)(H,25,26,28). The lowest BCUT2D eigenvalue weighted by Crippen LogP contribution is -2.16. The van der Waals surface area contributed by atoms with E-state index in [1.165, 1.54) is 30.5 Å². The Hall–Kier alpha value is -4.12. The maximum atomic E-state index is 12.7. The largest absolute Gasteiger partial charge is 0.322 e. The number of carbonyl (C=O) groups is 1. The fourth-order valence-corrected chi connectivity index (χ4v) is 4.15. The van der Waals surface area contributed by atoms with Crippen LogP contribution in [0.2, 0.25) is 0 Å². The Kier molecular flexibility index (Phi) is 5.88. The SMILES string of the molecule is Cc1cc(C)nc(NS(=O)(=O)c2ccc(NC(=O)c3cnn(-c4ccccn4)c3C)cc2)n1. The third-order valence-electron chi connectivity index (χ3n) is 4.75. The molecule has 10 nitrogen and oxygen atoms in total. The predicted molar refractivity (Wildman–Crippen MR) is 123 cm³/mol. The second-order valence-electron chi connectivity index (χ2n) is 7.30. The van der Waals surface area contributed by atoms with Crippen LogP contribution in [-0.2, 0) is 10.0 Å². The van der Waals surface area contributed by atoms with Crippen molar-refractivity contribution in [1.82, 2.24) is 24.7 Å². The molecule has 0 unspecified atom stereocenters. The molecule has 0 spiro atoms. The Morgan fingerprint density at radius 1 is 0.970 bits per heavy atom. The number of aryl methyl sites for hydroxylation is 2. The van der Waals surface area contributed by atoms with Crippen molar-refractivity contribution in [2.24, 2.45) is 0 Å². The number of hydrogen-bond donors (Lipinski definition) is 2. The van der Waals surface area contributed by atoms with Gasteiger partial charge in [0.15, 0.2) is 5.82 Å². The van der Waals surface area contributed by atoms with Gasteiger partial charge in [0.1, 0.15) is 0 Å². The van der Waals surface area contributed by atoms with Crippen molar-refractivity contribution < 1.29 is 13.2 Å². The Morgan fingerprint density at radius 3 is 2.30 bits per heavy atom. The van der Waals surface area contributed by atoms with Crippen LogP contribution in [0.25, 0.3) is 5.82 Å². The van der Waals surface area contributed by atoms with E-state index in [0.717, 1.165) is 0 Å². The van der Waals surface area contributed by atoms with Gasteiger partial charge < -0.3 is 5.32 Å². The number of nitrogens with one attached hydrogen (secondary N) is 2. The van der Waals surface area contributed by atoms with Gasteiger partial charge in [-0.1, -0.05) is 6.07 Å². The Labute approximate surface area is 190 Å². The topological polar surface area (TPSA) is 132 Å². The van der Waals surface area contributed by atoms with E-state index in [0.29, 0.717) is 34.2 Å². The van der Waals surface area contributed by atoms with E-state index in [1.54, 1.807) is 49.8 Å². The molecular weight excluding hydrogens is 442 g/mol. The molecular formula is C22H21N7O3S. The van der Waals surface area contributed by atoms with Gasteiger partial charge in [-0.05, 0) is 63.2 Å². The van der Waals surface area contributed by atoms with Crippen LogP contribution in [0.3, 0.4) is 0 Å². The van der Waals surface area contributed by atoms with E-state index in [2.05, 4.69) is 30.1 Å². The molecule has 0 atom stereocenters. The number of aromatic nitrogens is 5. The average molecular weight is 464 g/mol. The molecule has 0 saturated carbocycles. The zero-order valence-electron chi connectivity index (χ0n) is 18.1. The predicted octanol–water partition coefficient (Wildman–Crippen LogP) is 3.04. The number of nitrogens with zero attached hydrogens (tertiary/aromatic N) is 5. The summed E-state index contributed by atoms with van der Waals surface area (Å²) in [5, 5.41) is 7.00. The zero-order valence-corrected chi connectivity index (χ0v) is 19.0. The highest BCUT2D eigenvalue weighted by atomic mass is 32.2. The molecule has 11 heteroatoms. The van der Waals surface area contributed by atoms with Crippen molar-refractivity contribution in [3.05, 3.63) is 83.6 Å².